The largest absolute Gasteiger partial charge is 0.482 e. The van der Waals surface area contributed by atoms with Crippen molar-refractivity contribution in [3.8, 4) is 5.75 Å². The molecule has 0 atom stereocenters. The van der Waals surface area contributed by atoms with Crippen LogP contribution < -0.4 is 4.74 Å². The van der Waals surface area contributed by atoms with Gasteiger partial charge in [0.05, 0.1) is 0 Å². The van der Waals surface area contributed by atoms with E-state index in [1.807, 2.05) is 24.4 Å². The van der Waals surface area contributed by atoms with Crippen LogP contribution in [0.4, 0.5) is 0 Å². The fraction of sp³-hybridized carbons (Fsp3) is 0.294. The summed E-state index contributed by atoms with van der Waals surface area (Å²) in [6.07, 6.45) is 3.70. The molecule has 0 fully saturated rings. The van der Waals surface area contributed by atoms with Gasteiger partial charge in [-0.1, -0.05) is 12.1 Å². The molecule has 5 nitrogen and oxygen atoms in total. The summed E-state index contributed by atoms with van der Waals surface area (Å²) in [5.41, 5.74) is 3.59. The van der Waals surface area contributed by atoms with Crippen molar-refractivity contribution in [1.29, 1.82) is 0 Å². The van der Waals surface area contributed by atoms with Gasteiger partial charge in [0.1, 0.15) is 5.75 Å². The summed E-state index contributed by atoms with van der Waals surface area (Å²) in [7, 11) is 2.06. The number of pyridine rings is 1. The van der Waals surface area contributed by atoms with Gasteiger partial charge in [-0.15, -0.1) is 0 Å². The van der Waals surface area contributed by atoms with Gasteiger partial charge in [-0.25, -0.2) is 4.79 Å². The summed E-state index contributed by atoms with van der Waals surface area (Å²) >= 11 is 0. The second kappa shape index (κ2) is 7.56. The molecule has 0 saturated carbocycles. The average Bonchev–Trinajstić information content (AvgIpc) is 2.49. The Labute approximate surface area is 130 Å². The molecule has 0 radical (unpaired) electrons. The first kappa shape index (κ1) is 16.0. The lowest BCUT2D eigenvalue weighted by Gasteiger charge is -2.18. The first-order chi connectivity index (χ1) is 10.5. The van der Waals surface area contributed by atoms with Crippen molar-refractivity contribution in [2.24, 2.45) is 0 Å². The Morgan fingerprint density at radius 3 is 2.59 bits per heavy atom. The van der Waals surface area contributed by atoms with E-state index in [1.165, 1.54) is 11.1 Å². The molecule has 1 aromatic heterocycles. The SMILES string of the molecule is Cc1ccncc1CN(C)Cc1ccc(OCC(=O)O)cc1. The normalized spacial score (nSPS) is 10.7. The van der Waals surface area contributed by atoms with Gasteiger partial charge < -0.3 is 9.84 Å². The molecule has 2 rings (SSSR count). The lowest BCUT2D eigenvalue weighted by atomic mass is 10.1. The van der Waals surface area contributed by atoms with E-state index in [2.05, 4.69) is 23.9 Å². The zero-order chi connectivity index (χ0) is 15.9. The van der Waals surface area contributed by atoms with Gasteiger partial charge in [0.25, 0.3) is 0 Å². The Bertz CT molecular complexity index is 626. The van der Waals surface area contributed by atoms with Crippen molar-refractivity contribution in [1.82, 2.24) is 9.88 Å². The van der Waals surface area contributed by atoms with E-state index < -0.39 is 5.97 Å². The average molecular weight is 300 g/mol. The number of hydrogen-bond donors (Lipinski definition) is 1. The highest BCUT2D eigenvalue weighted by molar-refractivity contribution is 5.68. The van der Waals surface area contributed by atoms with Crippen molar-refractivity contribution >= 4 is 5.97 Å². The van der Waals surface area contributed by atoms with Crippen LogP contribution in [0.15, 0.2) is 42.7 Å². The number of carboxylic acid groups (broad SMARTS) is 1. The van der Waals surface area contributed by atoms with Crippen LogP contribution in [-0.4, -0.2) is 34.6 Å². The molecule has 1 N–H and O–H groups in total. The molecule has 22 heavy (non-hydrogen) atoms. The molecule has 116 valence electrons. The summed E-state index contributed by atoms with van der Waals surface area (Å²) in [6, 6.07) is 9.49. The van der Waals surface area contributed by atoms with Crippen LogP contribution in [0.2, 0.25) is 0 Å². The minimum atomic E-state index is -0.976. The molecule has 2 aromatic rings. The van der Waals surface area contributed by atoms with E-state index in [0.717, 1.165) is 18.7 Å². The third-order valence-corrected chi connectivity index (χ3v) is 3.33. The van der Waals surface area contributed by atoms with E-state index >= 15 is 0 Å². The predicted octanol–water partition coefficient (Wildman–Crippen LogP) is 2.49. The van der Waals surface area contributed by atoms with E-state index in [4.69, 9.17) is 9.84 Å². The van der Waals surface area contributed by atoms with Crippen LogP contribution in [0.5, 0.6) is 5.75 Å². The standard InChI is InChI=1S/C17H20N2O3/c1-13-7-8-18-9-15(13)11-19(2)10-14-3-5-16(6-4-14)22-12-17(20)21/h3-9H,10-12H2,1-2H3,(H,20,21). The Hall–Kier alpha value is -2.40. The first-order valence-corrected chi connectivity index (χ1v) is 7.06. The zero-order valence-electron chi connectivity index (χ0n) is 12.8. The molecule has 1 heterocycles. The van der Waals surface area contributed by atoms with Crippen molar-refractivity contribution in [3.63, 3.8) is 0 Å². The quantitative estimate of drug-likeness (QED) is 0.851. The first-order valence-electron chi connectivity index (χ1n) is 7.06. The monoisotopic (exact) mass is 300 g/mol. The highest BCUT2D eigenvalue weighted by atomic mass is 16.5. The van der Waals surface area contributed by atoms with Crippen molar-refractivity contribution in [2.45, 2.75) is 20.0 Å². The third-order valence-electron chi connectivity index (χ3n) is 3.33. The maximum Gasteiger partial charge on any atom is 0.341 e. The van der Waals surface area contributed by atoms with E-state index in [-0.39, 0.29) is 6.61 Å². The summed E-state index contributed by atoms with van der Waals surface area (Å²) in [4.78, 5) is 16.8. The maximum atomic E-state index is 10.4. The highest BCUT2D eigenvalue weighted by Crippen LogP contribution is 2.15. The molecular formula is C17H20N2O3. The molecule has 0 amide bonds. The maximum absolute atomic E-state index is 10.4. The smallest absolute Gasteiger partial charge is 0.341 e. The van der Waals surface area contributed by atoms with Crippen molar-refractivity contribution < 1.29 is 14.6 Å². The molecular weight excluding hydrogens is 280 g/mol. The molecule has 5 heteroatoms. The minimum absolute atomic E-state index is 0.320. The van der Waals surface area contributed by atoms with Crippen LogP contribution in [0.25, 0.3) is 0 Å². The molecule has 1 aromatic carbocycles. The van der Waals surface area contributed by atoms with E-state index in [1.54, 1.807) is 18.3 Å². The number of aromatic nitrogens is 1. The Morgan fingerprint density at radius 2 is 1.95 bits per heavy atom. The van der Waals surface area contributed by atoms with Gasteiger partial charge in [0.15, 0.2) is 6.61 Å². The van der Waals surface area contributed by atoms with Crippen molar-refractivity contribution in [3.05, 3.63) is 59.4 Å². The number of carboxylic acids is 1. The molecule has 0 spiro atoms. The highest BCUT2D eigenvalue weighted by Gasteiger charge is 2.05. The Morgan fingerprint density at radius 1 is 1.23 bits per heavy atom. The van der Waals surface area contributed by atoms with Crippen LogP contribution in [-0.2, 0) is 17.9 Å². The van der Waals surface area contributed by atoms with Crippen LogP contribution in [0.3, 0.4) is 0 Å². The second-order valence-electron chi connectivity index (χ2n) is 5.30. The van der Waals surface area contributed by atoms with Crippen LogP contribution in [0, 0.1) is 6.92 Å². The fourth-order valence-corrected chi connectivity index (χ4v) is 2.16. The van der Waals surface area contributed by atoms with Gasteiger partial charge in [-0.2, -0.15) is 0 Å². The summed E-state index contributed by atoms with van der Waals surface area (Å²) < 4.78 is 5.12. The number of carbonyl (C=O) groups is 1. The lowest BCUT2D eigenvalue weighted by molar-refractivity contribution is -0.139. The van der Waals surface area contributed by atoms with Crippen LogP contribution in [0.1, 0.15) is 16.7 Å². The fourth-order valence-electron chi connectivity index (χ4n) is 2.16. The number of hydrogen-bond acceptors (Lipinski definition) is 4. The number of rotatable bonds is 7. The third kappa shape index (κ3) is 4.86. The minimum Gasteiger partial charge on any atom is -0.482 e. The second-order valence-corrected chi connectivity index (χ2v) is 5.30. The van der Waals surface area contributed by atoms with Crippen molar-refractivity contribution in [2.75, 3.05) is 13.7 Å². The van der Waals surface area contributed by atoms with E-state index in [0.29, 0.717) is 5.75 Å². The van der Waals surface area contributed by atoms with Gasteiger partial charge in [0.2, 0.25) is 0 Å². The number of nitrogens with zero attached hydrogens (tertiary/aromatic N) is 2. The zero-order valence-corrected chi connectivity index (χ0v) is 12.8. The molecule has 0 aliphatic carbocycles. The topological polar surface area (TPSA) is 62.7 Å². The number of benzene rings is 1. The molecule has 0 aliphatic rings. The predicted molar refractivity (Wildman–Crippen MR) is 83.7 cm³/mol. The number of aryl methyl sites for hydroxylation is 1. The molecule has 0 bridgehead atoms. The van der Waals surface area contributed by atoms with E-state index in [9.17, 15) is 4.79 Å². The van der Waals surface area contributed by atoms with Gasteiger partial charge in [-0.3, -0.25) is 9.88 Å². The molecule has 0 aliphatic heterocycles. The molecule has 0 unspecified atom stereocenters. The lowest BCUT2D eigenvalue weighted by Crippen LogP contribution is -2.18. The summed E-state index contributed by atoms with van der Waals surface area (Å²) in [5, 5.41) is 8.57. The Kier molecular flexibility index (Phi) is 5.49. The van der Waals surface area contributed by atoms with Gasteiger partial charge in [-0.05, 0) is 48.9 Å². The Balaban J connectivity index is 1.90. The van der Waals surface area contributed by atoms with Gasteiger partial charge in [0, 0.05) is 25.5 Å². The number of ether oxygens (including phenoxy) is 1. The van der Waals surface area contributed by atoms with Gasteiger partial charge >= 0.3 is 5.97 Å². The number of aliphatic carboxylic acids is 1. The van der Waals surface area contributed by atoms with Crippen LogP contribution >= 0.6 is 0 Å². The molecule has 0 saturated heterocycles. The summed E-state index contributed by atoms with van der Waals surface area (Å²) in [6.45, 7) is 3.39. The summed E-state index contributed by atoms with van der Waals surface area (Å²) in [5.74, 6) is -0.410.